The number of anilines is 1. The van der Waals surface area contributed by atoms with Crippen molar-refractivity contribution in [3.63, 3.8) is 0 Å². The lowest BCUT2D eigenvalue weighted by Crippen LogP contribution is -2.20. The fourth-order valence-corrected chi connectivity index (χ4v) is 1.88. The molecule has 0 saturated carbocycles. The van der Waals surface area contributed by atoms with Gasteiger partial charge < -0.3 is 15.5 Å². The van der Waals surface area contributed by atoms with Crippen LogP contribution < -0.4 is 11.3 Å². The molecule has 112 valence electrons. The van der Waals surface area contributed by atoms with Crippen LogP contribution in [0, 0.1) is 0 Å². The molecule has 0 atom stereocenters. The molecule has 21 heavy (non-hydrogen) atoms. The zero-order valence-corrected chi connectivity index (χ0v) is 10.9. The van der Waals surface area contributed by atoms with Crippen LogP contribution >= 0.6 is 0 Å². The maximum atomic E-state index is 12.7. The van der Waals surface area contributed by atoms with Gasteiger partial charge in [0.15, 0.2) is 0 Å². The summed E-state index contributed by atoms with van der Waals surface area (Å²) in [4.78, 5) is 25.5. The van der Waals surface area contributed by atoms with Gasteiger partial charge in [-0.05, 0) is 25.1 Å². The molecule has 0 unspecified atom stereocenters. The summed E-state index contributed by atoms with van der Waals surface area (Å²) in [6.07, 6.45) is -4.63. The molecule has 0 saturated heterocycles. The number of benzene rings is 1. The van der Waals surface area contributed by atoms with Gasteiger partial charge in [-0.2, -0.15) is 13.2 Å². The largest absolute Gasteiger partial charge is 0.462 e. The van der Waals surface area contributed by atoms with E-state index in [1.807, 2.05) is 0 Å². The first-order valence-corrected chi connectivity index (χ1v) is 5.95. The molecule has 5 nitrogen and oxygen atoms in total. The molecule has 0 spiro atoms. The standard InChI is InChI=1S/C13H11F3N2O3/c1-2-21-12(20)7-3-6-4-9(17)8(13(14,15)16)5-10(6)18-11(7)19/h3-5H,2,17H2,1H3,(H,18,19). The van der Waals surface area contributed by atoms with Gasteiger partial charge in [0, 0.05) is 16.6 Å². The Kier molecular flexibility index (Phi) is 3.63. The molecule has 1 heterocycles. The van der Waals surface area contributed by atoms with E-state index < -0.39 is 29.0 Å². The maximum Gasteiger partial charge on any atom is 0.418 e. The lowest BCUT2D eigenvalue weighted by atomic mass is 10.1. The van der Waals surface area contributed by atoms with Crippen LogP contribution in [0.25, 0.3) is 10.9 Å². The average molecular weight is 300 g/mol. The van der Waals surface area contributed by atoms with Crippen LogP contribution in [-0.4, -0.2) is 17.6 Å². The molecule has 2 aromatic rings. The summed E-state index contributed by atoms with van der Waals surface area (Å²) in [5.74, 6) is -0.848. The highest BCUT2D eigenvalue weighted by Crippen LogP contribution is 2.35. The van der Waals surface area contributed by atoms with Gasteiger partial charge in [-0.25, -0.2) is 4.79 Å². The van der Waals surface area contributed by atoms with Crippen LogP contribution in [-0.2, 0) is 10.9 Å². The van der Waals surface area contributed by atoms with Crippen LogP contribution in [0.4, 0.5) is 18.9 Å². The van der Waals surface area contributed by atoms with E-state index in [1.165, 1.54) is 0 Å². The number of alkyl halides is 3. The smallest absolute Gasteiger partial charge is 0.418 e. The van der Waals surface area contributed by atoms with Crippen molar-refractivity contribution in [3.8, 4) is 0 Å². The molecule has 0 bridgehead atoms. The third-order valence-corrected chi connectivity index (χ3v) is 2.82. The van der Waals surface area contributed by atoms with Gasteiger partial charge in [0.05, 0.1) is 12.2 Å². The lowest BCUT2D eigenvalue weighted by Gasteiger charge is -2.11. The Bertz CT molecular complexity index is 766. The predicted molar refractivity (Wildman–Crippen MR) is 69.9 cm³/mol. The van der Waals surface area contributed by atoms with Crippen LogP contribution in [0.1, 0.15) is 22.8 Å². The first-order chi connectivity index (χ1) is 9.74. The van der Waals surface area contributed by atoms with E-state index in [0.717, 1.165) is 18.2 Å². The van der Waals surface area contributed by atoms with Gasteiger partial charge in [0.1, 0.15) is 5.56 Å². The molecule has 8 heteroatoms. The Morgan fingerprint density at radius 2 is 2.00 bits per heavy atom. The number of carbonyl (C=O) groups is 1. The van der Waals surface area contributed by atoms with Crippen LogP contribution in [0.5, 0.6) is 0 Å². The molecule has 1 aromatic heterocycles. The number of halogens is 3. The molecule has 0 radical (unpaired) electrons. The second-order valence-corrected chi connectivity index (χ2v) is 4.26. The summed E-state index contributed by atoms with van der Waals surface area (Å²) in [6, 6.07) is 2.94. The van der Waals surface area contributed by atoms with Gasteiger partial charge in [-0.3, -0.25) is 4.79 Å². The minimum Gasteiger partial charge on any atom is -0.462 e. The quantitative estimate of drug-likeness (QED) is 0.658. The lowest BCUT2D eigenvalue weighted by molar-refractivity contribution is -0.136. The first-order valence-electron chi connectivity index (χ1n) is 5.95. The molecule has 0 fully saturated rings. The molecular formula is C13H11F3N2O3. The monoisotopic (exact) mass is 300 g/mol. The Morgan fingerprint density at radius 1 is 1.33 bits per heavy atom. The molecule has 2 rings (SSSR count). The third kappa shape index (κ3) is 2.83. The molecular weight excluding hydrogens is 289 g/mol. The third-order valence-electron chi connectivity index (χ3n) is 2.82. The zero-order valence-electron chi connectivity index (χ0n) is 10.9. The van der Waals surface area contributed by atoms with Crippen molar-refractivity contribution in [1.29, 1.82) is 0 Å². The summed E-state index contributed by atoms with van der Waals surface area (Å²) in [5.41, 5.74) is 2.66. The predicted octanol–water partition coefficient (Wildman–Crippen LogP) is 2.31. The number of nitrogen functional groups attached to an aromatic ring is 1. The van der Waals surface area contributed by atoms with E-state index in [-0.39, 0.29) is 23.1 Å². The van der Waals surface area contributed by atoms with E-state index in [9.17, 15) is 22.8 Å². The second kappa shape index (κ2) is 5.12. The van der Waals surface area contributed by atoms with Crippen molar-refractivity contribution in [2.45, 2.75) is 13.1 Å². The molecule has 1 aromatic carbocycles. The van der Waals surface area contributed by atoms with E-state index in [0.29, 0.717) is 0 Å². The first kappa shape index (κ1) is 14.9. The van der Waals surface area contributed by atoms with Crippen molar-refractivity contribution >= 4 is 22.6 Å². The number of aromatic amines is 1. The fourth-order valence-electron chi connectivity index (χ4n) is 1.88. The number of ether oxygens (including phenoxy) is 1. The molecule has 3 N–H and O–H groups in total. The number of esters is 1. The van der Waals surface area contributed by atoms with Crippen molar-refractivity contribution in [3.05, 3.63) is 39.7 Å². The van der Waals surface area contributed by atoms with Gasteiger partial charge in [0.25, 0.3) is 5.56 Å². The molecule has 0 aliphatic rings. The number of hydrogen-bond acceptors (Lipinski definition) is 4. The van der Waals surface area contributed by atoms with E-state index in [4.69, 9.17) is 10.5 Å². The number of nitrogens with one attached hydrogen (secondary N) is 1. The van der Waals surface area contributed by atoms with E-state index >= 15 is 0 Å². The number of nitrogens with two attached hydrogens (primary N) is 1. The van der Waals surface area contributed by atoms with Gasteiger partial charge in [0.2, 0.25) is 0 Å². The average Bonchev–Trinajstić information content (AvgIpc) is 2.36. The zero-order chi connectivity index (χ0) is 15.8. The van der Waals surface area contributed by atoms with Gasteiger partial charge in [-0.15, -0.1) is 0 Å². The van der Waals surface area contributed by atoms with Crippen molar-refractivity contribution in [2.75, 3.05) is 12.3 Å². The summed E-state index contributed by atoms with van der Waals surface area (Å²) in [6.45, 7) is 1.65. The summed E-state index contributed by atoms with van der Waals surface area (Å²) >= 11 is 0. The van der Waals surface area contributed by atoms with Crippen molar-refractivity contribution in [2.24, 2.45) is 0 Å². The second-order valence-electron chi connectivity index (χ2n) is 4.26. The minimum absolute atomic E-state index is 0.0606. The fraction of sp³-hybridized carbons (Fsp3) is 0.231. The van der Waals surface area contributed by atoms with Crippen LogP contribution in [0.2, 0.25) is 0 Å². The highest BCUT2D eigenvalue weighted by molar-refractivity contribution is 5.94. The molecule has 0 aliphatic carbocycles. The number of carbonyl (C=O) groups excluding carboxylic acids is 1. The number of rotatable bonds is 2. The number of aromatic nitrogens is 1. The Morgan fingerprint density at radius 3 is 2.57 bits per heavy atom. The normalized spacial score (nSPS) is 11.6. The van der Waals surface area contributed by atoms with Crippen molar-refractivity contribution in [1.82, 2.24) is 4.98 Å². The van der Waals surface area contributed by atoms with E-state index in [1.54, 1.807) is 6.92 Å². The Balaban J connectivity index is 2.66. The summed E-state index contributed by atoms with van der Waals surface area (Å²) in [7, 11) is 0. The SMILES string of the molecule is CCOC(=O)c1cc2cc(N)c(C(F)(F)F)cc2[nH]c1=O. The van der Waals surface area contributed by atoms with Gasteiger partial charge in [-0.1, -0.05) is 0 Å². The Labute approximate surface area is 116 Å². The van der Waals surface area contributed by atoms with Gasteiger partial charge >= 0.3 is 12.1 Å². The summed E-state index contributed by atoms with van der Waals surface area (Å²) < 4.78 is 42.9. The van der Waals surface area contributed by atoms with Crippen LogP contribution in [0.15, 0.2) is 23.0 Å². The summed E-state index contributed by atoms with van der Waals surface area (Å²) in [5, 5.41) is 0.211. The highest BCUT2D eigenvalue weighted by Gasteiger charge is 2.33. The Hall–Kier alpha value is -2.51. The molecule has 0 amide bonds. The maximum absolute atomic E-state index is 12.7. The number of hydrogen-bond donors (Lipinski definition) is 2. The van der Waals surface area contributed by atoms with Crippen LogP contribution in [0.3, 0.4) is 0 Å². The van der Waals surface area contributed by atoms with Crippen molar-refractivity contribution < 1.29 is 22.7 Å². The topological polar surface area (TPSA) is 85.2 Å². The number of H-pyrrole nitrogens is 1. The van der Waals surface area contributed by atoms with E-state index in [2.05, 4.69) is 4.98 Å². The highest BCUT2D eigenvalue weighted by atomic mass is 19.4. The molecule has 0 aliphatic heterocycles. The minimum atomic E-state index is -4.63. The number of fused-ring (bicyclic) bond motifs is 1. The number of pyridine rings is 1.